The molecule has 26 heavy (non-hydrogen) atoms. The molecule has 0 radical (unpaired) electrons. The zero-order valence-electron chi connectivity index (χ0n) is 14.4. The summed E-state index contributed by atoms with van der Waals surface area (Å²) in [6.07, 6.45) is 0. The largest absolute Gasteiger partial charge is 0.379 e. The highest BCUT2D eigenvalue weighted by Crippen LogP contribution is 2.29. The molecule has 1 fully saturated rings. The second-order valence-corrected chi connectivity index (χ2v) is 7.67. The van der Waals surface area contributed by atoms with Gasteiger partial charge in [0.15, 0.2) is 0 Å². The zero-order chi connectivity index (χ0) is 17.8. The lowest BCUT2D eigenvalue weighted by atomic mass is 10.2. The Bertz CT molecular complexity index is 899. The number of rotatable bonds is 5. The van der Waals surface area contributed by atoms with Crippen LogP contribution in [0.25, 0.3) is 10.9 Å². The van der Waals surface area contributed by atoms with Crippen LogP contribution in [0.4, 0.5) is 0 Å². The molecular formula is C20H20ClN3OS. The standard InChI is InChI=1S/C20H20ClN3OS/c21-16-5-3-4-15(12-16)14-26-20-17-6-1-2-7-18(17)22-19(23-20)13-24-8-10-25-11-9-24/h1-7,12H,8-11,13-14H2. The predicted molar refractivity (Wildman–Crippen MR) is 107 cm³/mol. The number of ether oxygens (including phenoxy) is 1. The quantitative estimate of drug-likeness (QED) is 0.480. The molecule has 2 heterocycles. The summed E-state index contributed by atoms with van der Waals surface area (Å²) in [6.45, 7) is 4.19. The van der Waals surface area contributed by atoms with Gasteiger partial charge >= 0.3 is 0 Å². The van der Waals surface area contributed by atoms with E-state index in [2.05, 4.69) is 23.1 Å². The fraction of sp³-hybridized carbons (Fsp3) is 0.300. The van der Waals surface area contributed by atoms with Gasteiger partial charge in [-0.1, -0.05) is 41.9 Å². The number of halogens is 1. The van der Waals surface area contributed by atoms with Crippen LogP contribution < -0.4 is 0 Å². The van der Waals surface area contributed by atoms with Crippen molar-refractivity contribution in [1.82, 2.24) is 14.9 Å². The topological polar surface area (TPSA) is 38.2 Å². The van der Waals surface area contributed by atoms with Gasteiger partial charge in [-0.15, -0.1) is 11.8 Å². The van der Waals surface area contributed by atoms with E-state index in [0.717, 1.165) is 65.4 Å². The first-order chi connectivity index (χ1) is 12.8. The Kier molecular flexibility index (Phi) is 5.70. The number of para-hydroxylation sites is 1. The number of thioether (sulfide) groups is 1. The molecule has 6 heteroatoms. The second kappa shape index (κ2) is 8.35. The maximum absolute atomic E-state index is 6.10. The van der Waals surface area contributed by atoms with E-state index in [1.807, 2.05) is 30.3 Å². The molecule has 0 saturated carbocycles. The molecular weight excluding hydrogens is 366 g/mol. The Morgan fingerprint density at radius 1 is 1.04 bits per heavy atom. The van der Waals surface area contributed by atoms with E-state index in [1.165, 1.54) is 5.56 Å². The summed E-state index contributed by atoms with van der Waals surface area (Å²) in [6, 6.07) is 16.2. The maximum atomic E-state index is 6.10. The van der Waals surface area contributed by atoms with Crippen LogP contribution >= 0.6 is 23.4 Å². The molecule has 0 bridgehead atoms. The number of aromatic nitrogens is 2. The SMILES string of the molecule is Clc1cccc(CSc2nc(CN3CCOCC3)nc3ccccc23)c1. The van der Waals surface area contributed by atoms with E-state index < -0.39 is 0 Å². The van der Waals surface area contributed by atoms with Crippen molar-refractivity contribution in [3.05, 3.63) is 64.9 Å². The molecule has 0 spiro atoms. The normalized spacial score (nSPS) is 15.4. The Hall–Kier alpha value is -1.66. The molecule has 4 nitrogen and oxygen atoms in total. The number of fused-ring (bicyclic) bond motifs is 1. The summed E-state index contributed by atoms with van der Waals surface area (Å²) in [4.78, 5) is 12.0. The van der Waals surface area contributed by atoms with Gasteiger partial charge in [0.2, 0.25) is 0 Å². The fourth-order valence-electron chi connectivity index (χ4n) is 3.01. The van der Waals surface area contributed by atoms with Crippen molar-refractivity contribution in [2.24, 2.45) is 0 Å². The van der Waals surface area contributed by atoms with Crippen LogP contribution in [0.15, 0.2) is 53.6 Å². The molecule has 0 amide bonds. The highest BCUT2D eigenvalue weighted by molar-refractivity contribution is 7.98. The molecule has 2 aromatic carbocycles. The molecule has 3 aromatic rings. The van der Waals surface area contributed by atoms with Gasteiger partial charge in [0.05, 0.1) is 25.3 Å². The fourth-order valence-corrected chi connectivity index (χ4v) is 4.21. The van der Waals surface area contributed by atoms with Crippen LogP contribution in [0.5, 0.6) is 0 Å². The van der Waals surface area contributed by atoms with Gasteiger partial charge in [-0.05, 0) is 23.8 Å². The van der Waals surface area contributed by atoms with Crippen molar-refractivity contribution in [1.29, 1.82) is 0 Å². The minimum atomic E-state index is 0.763. The Balaban J connectivity index is 1.59. The third-order valence-corrected chi connectivity index (χ3v) is 5.65. The van der Waals surface area contributed by atoms with E-state index >= 15 is 0 Å². The highest BCUT2D eigenvalue weighted by Gasteiger charge is 2.14. The third kappa shape index (κ3) is 4.35. The smallest absolute Gasteiger partial charge is 0.144 e. The van der Waals surface area contributed by atoms with Crippen molar-refractivity contribution in [2.75, 3.05) is 26.3 Å². The van der Waals surface area contributed by atoms with Crippen LogP contribution in [0.3, 0.4) is 0 Å². The van der Waals surface area contributed by atoms with Gasteiger partial charge < -0.3 is 4.74 Å². The van der Waals surface area contributed by atoms with Crippen LogP contribution in [0.1, 0.15) is 11.4 Å². The van der Waals surface area contributed by atoms with Crippen LogP contribution in [-0.2, 0) is 17.0 Å². The summed E-state index contributed by atoms with van der Waals surface area (Å²) >= 11 is 7.84. The number of nitrogens with zero attached hydrogens (tertiary/aromatic N) is 3. The monoisotopic (exact) mass is 385 g/mol. The van der Waals surface area contributed by atoms with E-state index in [-0.39, 0.29) is 0 Å². The van der Waals surface area contributed by atoms with Gasteiger partial charge in [0, 0.05) is 29.3 Å². The first-order valence-electron chi connectivity index (χ1n) is 8.71. The molecule has 1 aliphatic heterocycles. The van der Waals surface area contributed by atoms with Gasteiger partial charge in [-0.3, -0.25) is 4.90 Å². The molecule has 1 saturated heterocycles. The van der Waals surface area contributed by atoms with Crippen molar-refractivity contribution < 1.29 is 4.74 Å². The predicted octanol–water partition coefficient (Wildman–Crippen LogP) is 4.41. The number of hydrogen-bond donors (Lipinski definition) is 0. The third-order valence-electron chi connectivity index (χ3n) is 4.35. The van der Waals surface area contributed by atoms with Crippen LogP contribution in [0, 0.1) is 0 Å². The molecule has 0 aliphatic carbocycles. The lowest BCUT2D eigenvalue weighted by molar-refractivity contribution is 0.0330. The van der Waals surface area contributed by atoms with Gasteiger partial charge in [0.25, 0.3) is 0 Å². The first kappa shape index (κ1) is 17.7. The second-order valence-electron chi connectivity index (χ2n) is 6.27. The number of hydrogen-bond acceptors (Lipinski definition) is 5. The van der Waals surface area contributed by atoms with Gasteiger partial charge in [-0.25, -0.2) is 9.97 Å². The van der Waals surface area contributed by atoms with Crippen molar-refractivity contribution in [2.45, 2.75) is 17.3 Å². The zero-order valence-corrected chi connectivity index (χ0v) is 16.0. The van der Waals surface area contributed by atoms with E-state index in [4.69, 9.17) is 26.3 Å². The average Bonchev–Trinajstić information content (AvgIpc) is 2.67. The van der Waals surface area contributed by atoms with E-state index in [1.54, 1.807) is 11.8 Å². The molecule has 0 unspecified atom stereocenters. The summed E-state index contributed by atoms with van der Waals surface area (Å²) in [5.41, 5.74) is 2.19. The van der Waals surface area contributed by atoms with Gasteiger partial charge in [0.1, 0.15) is 10.9 Å². The molecule has 1 aromatic heterocycles. The number of morpholine rings is 1. The minimum absolute atomic E-state index is 0.763. The molecule has 0 N–H and O–H groups in total. The van der Waals surface area contributed by atoms with Gasteiger partial charge in [-0.2, -0.15) is 0 Å². The summed E-state index contributed by atoms with van der Waals surface area (Å²) in [7, 11) is 0. The Morgan fingerprint density at radius 2 is 1.88 bits per heavy atom. The first-order valence-corrected chi connectivity index (χ1v) is 10.1. The summed E-state index contributed by atoms with van der Waals surface area (Å²) in [5, 5.41) is 2.90. The molecule has 0 atom stereocenters. The van der Waals surface area contributed by atoms with Crippen molar-refractivity contribution in [3.63, 3.8) is 0 Å². The summed E-state index contributed by atoms with van der Waals surface area (Å²) in [5.74, 6) is 1.71. The van der Waals surface area contributed by atoms with E-state index in [9.17, 15) is 0 Å². The van der Waals surface area contributed by atoms with E-state index in [0.29, 0.717) is 0 Å². The minimum Gasteiger partial charge on any atom is -0.379 e. The molecule has 134 valence electrons. The average molecular weight is 386 g/mol. The summed E-state index contributed by atoms with van der Waals surface area (Å²) < 4.78 is 5.43. The maximum Gasteiger partial charge on any atom is 0.144 e. The lowest BCUT2D eigenvalue weighted by Crippen LogP contribution is -2.36. The molecule has 4 rings (SSSR count). The van der Waals surface area contributed by atoms with Crippen LogP contribution in [0.2, 0.25) is 5.02 Å². The number of benzene rings is 2. The van der Waals surface area contributed by atoms with Crippen LogP contribution in [-0.4, -0.2) is 41.2 Å². The highest BCUT2D eigenvalue weighted by atomic mass is 35.5. The lowest BCUT2D eigenvalue weighted by Gasteiger charge is -2.25. The Labute approximate surface area is 162 Å². The van der Waals surface area contributed by atoms with Crippen molar-refractivity contribution in [3.8, 4) is 0 Å². The molecule has 1 aliphatic rings. The Morgan fingerprint density at radius 3 is 2.73 bits per heavy atom. The van der Waals surface area contributed by atoms with Crippen molar-refractivity contribution >= 4 is 34.3 Å².